The number of ether oxygens (including phenoxy) is 1. The van der Waals surface area contributed by atoms with Gasteiger partial charge in [0.05, 0.1) is 12.4 Å². The lowest BCUT2D eigenvalue weighted by atomic mass is 9.86. The van der Waals surface area contributed by atoms with Crippen LogP contribution in [0.1, 0.15) is 31.9 Å². The largest absolute Gasteiger partial charge is 0.496 e. The fourth-order valence-corrected chi connectivity index (χ4v) is 3.77. The Morgan fingerprint density at radius 3 is 1.76 bits per heavy atom. The summed E-state index contributed by atoms with van der Waals surface area (Å²) < 4.78 is 73.4. The lowest BCUT2D eigenvalue weighted by Crippen LogP contribution is -2.21. The molecule has 1 unspecified atom stereocenters. The van der Waals surface area contributed by atoms with Gasteiger partial charge in [0.2, 0.25) is 5.82 Å². The number of halogens is 5. The van der Waals surface area contributed by atoms with Crippen molar-refractivity contribution in [3.63, 3.8) is 0 Å². The first-order valence-corrected chi connectivity index (χ1v) is 8.46. The first kappa shape index (κ1) is 19.6. The zero-order chi connectivity index (χ0) is 19.1. The Balaban J connectivity index is 2.67. The molecule has 1 nitrogen and oxygen atoms in total. The molecule has 0 aliphatic carbocycles. The Labute approximate surface area is 145 Å². The second-order valence-corrected chi connectivity index (χ2v) is 7.98. The van der Waals surface area contributed by atoms with Gasteiger partial charge in [0.25, 0.3) is 0 Å². The third kappa shape index (κ3) is 3.64. The summed E-state index contributed by atoms with van der Waals surface area (Å²) in [6.45, 7) is 7.64. The van der Waals surface area contributed by atoms with E-state index in [1.807, 2.05) is 26.8 Å². The Bertz CT molecular complexity index is 798. The van der Waals surface area contributed by atoms with Crippen molar-refractivity contribution in [2.75, 3.05) is 7.11 Å². The summed E-state index contributed by atoms with van der Waals surface area (Å²) in [6, 6.07) is 3.56. The second kappa shape index (κ2) is 6.91. The van der Waals surface area contributed by atoms with E-state index in [4.69, 9.17) is 4.74 Å². The van der Waals surface area contributed by atoms with Crippen molar-refractivity contribution in [3.8, 4) is 5.75 Å². The maximum atomic E-state index is 14.0. The average molecular weight is 376 g/mol. The van der Waals surface area contributed by atoms with Crippen molar-refractivity contribution in [3.05, 3.63) is 52.3 Å². The Morgan fingerprint density at radius 2 is 1.32 bits per heavy atom. The van der Waals surface area contributed by atoms with Crippen molar-refractivity contribution in [1.82, 2.24) is 0 Å². The highest BCUT2D eigenvalue weighted by atomic mass is 31.1. The molecule has 0 saturated carbocycles. The molecule has 0 aliphatic rings. The average Bonchev–Trinajstić information content (AvgIpc) is 2.54. The van der Waals surface area contributed by atoms with Gasteiger partial charge in [-0.15, -0.1) is 0 Å². The lowest BCUT2D eigenvalue weighted by Gasteiger charge is -2.23. The SMILES string of the molecule is COc1c(C)cc(C(C)(C)C)cc1Pc1c(F)c(F)c(F)c(F)c1F. The monoisotopic (exact) mass is 376 g/mol. The van der Waals surface area contributed by atoms with E-state index in [-0.39, 0.29) is 5.41 Å². The summed E-state index contributed by atoms with van der Waals surface area (Å²) in [7, 11) is 0.614. The van der Waals surface area contributed by atoms with Crippen molar-refractivity contribution >= 4 is 19.2 Å². The van der Waals surface area contributed by atoms with Crippen LogP contribution in [0.2, 0.25) is 0 Å². The van der Waals surface area contributed by atoms with Crippen LogP contribution in [-0.2, 0) is 5.41 Å². The summed E-state index contributed by atoms with van der Waals surface area (Å²) in [5.41, 5.74) is 1.34. The van der Waals surface area contributed by atoms with Crippen LogP contribution in [-0.4, -0.2) is 7.11 Å². The summed E-state index contributed by atoms with van der Waals surface area (Å²) in [5.74, 6) is -9.29. The van der Waals surface area contributed by atoms with Crippen LogP contribution in [0, 0.1) is 36.0 Å². The van der Waals surface area contributed by atoms with E-state index >= 15 is 0 Å². The molecular weight excluding hydrogens is 358 g/mol. The molecule has 0 aromatic heterocycles. The lowest BCUT2D eigenvalue weighted by molar-refractivity contribution is 0.384. The molecule has 1 atom stereocenters. The van der Waals surface area contributed by atoms with Crippen molar-refractivity contribution in [1.29, 1.82) is 0 Å². The highest BCUT2D eigenvalue weighted by molar-refractivity contribution is 7.55. The van der Waals surface area contributed by atoms with Crippen LogP contribution in [0.3, 0.4) is 0 Å². The topological polar surface area (TPSA) is 9.23 Å². The van der Waals surface area contributed by atoms with Gasteiger partial charge in [0.1, 0.15) is 5.75 Å². The first-order valence-electron chi connectivity index (χ1n) is 7.46. The summed E-state index contributed by atoms with van der Waals surface area (Å²) in [4.78, 5) is 0. The third-order valence-electron chi connectivity index (χ3n) is 3.81. The minimum atomic E-state index is -2.16. The minimum absolute atomic E-state index is 0.257. The molecule has 0 amide bonds. The van der Waals surface area contributed by atoms with Crippen LogP contribution in [0.15, 0.2) is 12.1 Å². The number of benzene rings is 2. The van der Waals surface area contributed by atoms with Gasteiger partial charge in [-0.25, -0.2) is 22.0 Å². The van der Waals surface area contributed by atoms with E-state index in [2.05, 4.69) is 0 Å². The molecule has 0 fully saturated rings. The molecular formula is C18H18F5OP. The van der Waals surface area contributed by atoms with Crippen LogP contribution >= 0.6 is 8.58 Å². The fraction of sp³-hybridized carbons (Fsp3) is 0.333. The number of aryl methyl sites for hydroxylation is 1. The summed E-state index contributed by atoms with van der Waals surface area (Å²) in [6.07, 6.45) is 0. The molecule has 0 aliphatic heterocycles. The van der Waals surface area contributed by atoms with Gasteiger partial charge in [-0.2, -0.15) is 0 Å². The zero-order valence-electron chi connectivity index (χ0n) is 14.5. The molecule has 2 rings (SSSR count). The van der Waals surface area contributed by atoms with E-state index in [9.17, 15) is 22.0 Å². The quantitative estimate of drug-likeness (QED) is 0.329. The van der Waals surface area contributed by atoms with Crippen LogP contribution in [0.25, 0.3) is 0 Å². The number of hydrogen-bond acceptors (Lipinski definition) is 1. The number of methoxy groups -OCH3 is 1. The van der Waals surface area contributed by atoms with Crippen molar-refractivity contribution < 1.29 is 26.7 Å². The van der Waals surface area contributed by atoms with E-state index in [1.165, 1.54) is 7.11 Å². The van der Waals surface area contributed by atoms with Crippen LogP contribution in [0.5, 0.6) is 5.75 Å². The number of rotatable bonds is 3. The molecule has 0 bridgehead atoms. The third-order valence-corrected chi connectivity index (χ3v) is 5.14. The van der Waals surface area contributed by atoms with Gasteiger partial charge in [0.15, 0.2) is 23.3 Å². The molecule has 0 heterocycles. The molecule has 7 heteroatoms. The van der Waals surface area contributed by atoms with Crippen LogP contribution in [0.4, 0.5) is 22.0 Å². The fourth-order valence-electron chi connectivity index (χ4n) is 2.42. The second-order valence-electron chi connectivity index (χ2n) is 6.69. The molecule has 2 aromatic rings. The highest BCUT2D eigenvalue weighted by Gasteiger charge is 2.27. The Morgan fingerprint density at radius 1 is 0.840 bits per heavy atom. The normalized spacial score (nSPS) is 12.2. The van der Waals surface area contributed by atoms with Crippen molar-refractivity contribution in [2.45, 2.75) is 33.1 Å². The smallest absolute Gasteiger partial charge is 0.200 e. The highest BCUT2D eigenvalue weighted by Crippen LogP contribution is 2.32. The molecule has 2 aromatic carbocycles. The molecule has 136 valence electrons. The predicted molar refractivity (Wildman–Crippen MR) is 90.2 cm³/mol. The molecule has 0 saturated heterocycles. The molecule has 0 N–H and O–H groups in total. The molecule has 25 heavy (non-hydrogen) atoms. The Hall–Kier alpha value is -1.68. The van der Waals surface area contributed by atoms with Gasteiger partial charge in [-0.1, -0.05) is 26.8 Å². The van der Waals surface area contributed by atoms with Gasteiger partial charge >= 0.3 is 0 Å². The van der Waals surface area contributed by atoms with Gasteiger partial charge in [-0.3, -0.25) is 0 Å². The van der Waals surface area contributed by atoms with E-state index < -0.39 is 43.0 Å². The summed E-state index contributed by atoms with van der Waals surface area (Å²) >= 11 is 0. The molecule has 0 radical (unpaired) electrons. The Kier molecular flexibility index (Phi) is 5.43. The first-order chi connectivity index (χ1) is 11.5. The zero-order valence-corrected chi connectivity index (χ0v) is 15.5. The predicted octanol–water partition coefficient (Wildman–Crippen LogP) is 4.63. The van der Waals surface area contributed by atoms with E-state index in [1.54, 1.807) is 13.0 Å². The standard InChI is InChI=1S/C18H18F5OP/c1-8-6-9(18(2,3)4)7-10(16(8)24-5)25-17-14(22)12(20)11(19)13(21)15(17)23/h6-7,25H,1-5H3. The summed E-state index contributed by atoms with van der Waals surface area (Å²) in [5, 5.41) is -0.462. The number of hydrogen-bond donors (Lipinski definition) is 0. The van der Waals surface area contributed by atoms with E-state index in [0.29, 0.717) is 11.1 Å². The van der Waals surface area contributed by atoms with Gasteiger partial charge < -0.3 is 4.74 Å². The van der Waals surface area contributed by atoms with Gasteiger partial charge in [0, 0.05) is 5.30 Å². The maximum Gasteiger partial charge on any atom is 0.200 e. The van der Waals surface area contributed by atoms with Crippen LogP contribution < -0.4 is 15.3 Å². The minimum Gasteiger partial charge on any atom is -0.496 e. The van der Waals surface area contributed by atoms with Crippen molar-refractivity contribution in [2.24, 2.45) is 0 Å². The van der Waals surface area contributed by atoms with E-state index in [0.717, 1.165) is 11.1 Å². The maximum absolute atomic E-state index is 14.0. The molecule has 0 spiro atoms. The van der Waals surface area contributed by atoms with Gasteiger partial charge in [-0.05, 0) is 38.1 Å².